The van der Waals surface area contributed by atoms with Crippen LogP contribution >= 0.6 is 0 Å². The van der Waals surface area contributed by atoms with Crippen molar-refractivity contribution < 1.29 is 14.3 Å². The maximum absolute atomic E-state index is 11.1. The van der Waals surface area contributed by atoms with E-state index in [0.29, 0.717) is 24.4 Å². The molecule has 0 heterocycles. The fraction of sp³-hybridized carbons (Fsp3) is 0.333. The Morgan fingerprint density at radius 1 is 1.35 bits per heavy atom. The first-order chi connectivity index (χ1) is 8.15. The zero-order valence-corrected chi connectivity index (χ0v) is 9.73. The summed E-state index contributed by atoms with van der Waals surface area (Å²) < 4.78 is 4.79. The van der Waals surface area contributed by atoms with Crippen molar-refractivity contribution in [2.24, 2.45) is 5.73 Å². The summed E-state index contributed by atoms with van der Waals surface area (Å²) in [4.78, 5) is 22.2. The number of rotatable bonds is 6. The number of nitrogens with one attached hydrogen (secondary N) is 1. The lowest BCUT2D eigenvalue weighted by Gasteiger charge is -2.09. The van der Waals surface area contributed by atoms with E-state index < -0.39 is 5.91 Å². The quantitative estimate of drug-likeness (QED) is 0.726. The number of esters is 1. The van der Waals surface area contributed by atoms with E-state index in [4.69, 9.17) is 10.5 Å². The van der Waals surface area contributed by atoms with Gasteiger partial charge in [-0.2, -0.15) is 0 Å². The Kier molecular flexibility index (Phi) is 5.00. The average Bonchev–Trinajstić information content (AvgIpc) is 2.30. The molecule has 5 nitrogen and oxygen atoms in total. The number of para-hydroxylation sites is 1. The molecule has 92 valence electrons. The molecule has 0 atom stereocenters. The Labute approximate surface area is 99.9 Å². The zero-order valence-electron chi connectivity index (χ0n) is 9.73. The average molecular weight is 236 g/mol. The maximum atomic E-state index is 11.1. The van der Waals surface area contributed by atoms with Gasteiger partial charge in [-0.05, 0) is 19.1 Å². The summed E-state index contributed by atoms with van der Waals surface area (Å²) in [6.45, 7) is 2.54. The second kappa shape index (κ2) is 6.52. The summed E-state index contributed by atoms with van der Waals surface area (Å²) in [5.74, 6) is -0.763. The van der Waals surface area contributed by atoms with E-state index in [2.05, 4.69) is 5.32 Å². The number of primary amides is 1. The first kappa shape index (κ1) is 13.0. The van der Waals surface area contributed by atoms with Gasteiger partial charge in [0, 0.05) is 12.2 Å². The molecular formula is C12H16N2O3. The van der Waals surface area contributed by atoms with E-state index in [9.17, 15) is 9.59 Å². The molecular weight excluding hydrogens is 220 g/mol. The number of hydrogen-bond acceptors (Lipinski definition) is 4. The van der Waals surface area contributed by atoms with E-state index in [1.54, 1.807) is 31.2 Å². The van der Waals surface area contributed by atoms with Gasteiger partial charge in [-0.1, -0.05) is 12.1 Å². The maximum Gasteiger partial charge on any atom is 0.307 e. The van der Waals surface area contributed by atoms with Crippen molar-refractivity contribution in [3.8, 4) is 0 Å². The summed E-state index contributed by atoms with van der Waals surface area (Å²) >= 11 is 0. The predicted octanol–water partition coefficient (Wildman–Crippen LogP) is 1.15. The van der Waals surface area contributed by atoms with Crippen molar-refractivity contribution in [1.29, 1.82) is 0 Å². The number of amides is 1. The Hall–Kier alpha value is -2.04. The van der Waals surface area contributed by atoms with Crippen molar-refractivity contribution in [2.45, 2.75) is 13.3 Å². The minimum absolute atomic E-state index is 0.251. The third-order valence-corrected chi connectivity index (χ3v) is 2.14. The molecule has 5 heteroatoms. The molecule has 0 bridgehead atoms. The first-order valence-electron chi connectivity index (χ1n) is 5.43. The lowest BCUT2D eigenvalue weighted by molar-refractivity contribution is -0.142. The molecule has 1 aromatic rings. The molecule has 0 saturated heterocycles. The lowest BCUT2D eigenvalue weighted by Crippen LogP contribution is -2.16. The van der Waals surface area contributed by atoms with Gasteiger partial charge < -0.3 is 15.8 Å². The fourth-order valence-electron chi connectivity index (χ4n) is 1.38. The highest BCUT2D eigenvalue weighted by molar-refractivity contribution is 5.98. The van der Waals surface area contributed by atoms with Gasteiger partial charge in [-0.15, -0.1) is 0 Å². The largest absolute Gasteiger partial charge is 0.466 e. The minimum Gasteiger partial charge on any atom is -0.466 e. The molecule has 0 aliphatic carbocycles. The molecule has 17 heavy (non-hydrogen) atoms. The molecule has 0 saturated carbocycles. The summed E-state index contributed by atoms with van der Waals surface area (Å²) in [5, 5.41) is 2.98. The van der Waals surface area contributed by atoms with Crippen LogP contribution in [0.1, 0.15) is 23.7 Å². The van der Waals surface area contributed by atoms with Crippen LogP contribution in [0, 0.1) is 0 Å². The van der Waals surface area contributed by atoms with Gasteiger partial charge in [0.15, 0.2) is 0 Å². The summed E-state index contributed by atoms with van der Waals surface area (Å²) in [6.07, 6.45) is 0.251. The molecule has 0 radical (unpaired) electrons. The molecule has 1 amide bonds. The van der Waals surface area contributed by atoms with Crippen LogP contribution in [-0.4, -0.2) is 25.0 Å². The van der Waals surface area contributed by atoms with Gasteiger partial charge >= 0.3 is 5.97 Å². The topological polar surface area (TPSA) is 81.4 Å². The normalized spacial score (nSPS) is 9.71. The Balaban J connectivity index is 2.52. The van der Waals surface area contributed by atoms with Gasteiger partial charge in [-0.3, -0.25) is 9.59 Å². The molecule has 3 N–H and O–H groups in total. The van der Waals surface area contributed by atoms with Crippen LogP contribution < -0.4 is 11.1 Å². The van der Waals surface area contributed by atoms with E-state index in [-0.39, 0.29) is 12.4 Å². The number of ether oxygens (including phenoxy) is 1. The van der Waals surface area contributed by atoms with Crippen molar-refractivity contribution in [2.75, 3.05) is 18.5 Å². The lowest BCUT2D eigenvalue weighted by atomic mass is 10.1. The van der Waals surface area contributed by atoms with Crippen LogP contribution in [0.5, 0.6) is 0 Å². The molecule has 0 aliphatic rings. The Morgan fingerprint density at radius 3 is 2.71 bits per heavy atom. The Morgan fingerprint density at radius 2 is 2.06 bits per heavy atom. The second-order valence-corrected chi connectivity index (χ2v) is 3.39. The SMILES string of the molecule is CCOC(=O)CCNc1ccccc1C(N)=O. The van der Waals surface area contributed by atoms with Crippen molar-refractivity contribution >= 4 is 17.6 Å². The van der Waals surface area contributed by atoms with Crippen LogP contribution in [0.4, 0.5) is 5.69 Å². The third-order valence-electron chi connectivity index (χ3n) is 2.14. The van der Waals surface area contributed by atoms with Crippen LogP contribution in [0.15, 0.2) is 24.3 Å². The van der Waals surface area contributed by atoms with Gasteiger partial charge in [-0.25, -0.2) is 0 Å². The highest BCUT2D eigenvalue weighted by Gasteiger charge is 2.07. The monoisotopic (exact) mass is 236 g/mol. The van der Waals surface area contributed by atoms with Gasteiger partial charge in [0.25, 0.3) is 5.91 Å². The molecule has 0 spiro atoms. The summed E-state index contributed by atoms with van der Waals surface area (Å²) in [5.41, 5.74) is 6.27. The van der Waals surface area contributed by atoms with Crippen molar-refractivity contribution in [3.05, 3.63) is 29.8 Å². The number of benzene rings is 1. The minimum atomic E-state index is -0.496. The van der Waals surface area contributed by atoms with E-state index in [0.717, 1.165) is 0 Å². The smallest absolute Gasteiger partial charge is 0.307 e. The van der Waals surface area contributed by atoms with Gasteiger partial charge in [0.05, 0.1) is 18.6 Å². The highest BCUT2D eigenvalue weighted by Crippen LogP contribution is 2.13. The molecule has 1 rings (SSSR count). The molecule has 0 aromatic heterocycles. The van der Waals surface area contributed by atoms with Crippen LogP contribution in [0.3, 0.4) is 0 Å². The third kappa shape index (κ3) is 4.14. The first-order valence-corrected chi connectivity index (χ1v) is 5.43. The summed E-state index contributed by atoms with van der Waals surface area (Å²) in [7, 11) is 0. The fourth-order valence-corrected chi connectivity index (χ4v) is 1.38. The van der Waals surface area contributed by atoms with Gasteiger partial charge in [0.1, 0.15) is 0 Å². The standard InChI is InChI=1S/C12H16N2O3/c1-2-17-11(15)7-8-14-10-6-4-3-5-9(10)12(13)16/h3-6,14H,2,7-8H2,1H3,(H2,13,16). The number of anilines is 1. The highest BCUT2D eigenvalue weighted by atomic mass is 16.5. The molecule has 0 unspecified atom stereocenters. The van der Waals surface area contributed by atoms with E-state index in [1.807, 2.05) is 0 Å². The van der Waals surface area contributed by atoms with Crippen LogP contribution in [0.25, 0.3) is 0 Å². The van der Waals surface area contributed by atoms with Crippen LogP contribution in [-0.2, 0) is 9.53 Å². The van der Waals surface area contributed by atoms with E-state index >= 15 is 0 Å². The molecule has 0 fully saturated rings. The zero-order chi connectivity index (χ0) is 12.7. The molecule has 0 aliphatic heterocycles. The van der Waals surface area contributed by atoms with Crippen LogP contribution in [0.2, 0.25) is 0 Å². The number of carbonyl (C=O) groups is 2. The number of nitrogens with two attached hydrogens (primary N) is 1. The Bertz CT molecular complexity index is 404. The number of carbonyl (C=O) groups excluding carboxylic acids is 2. The molecule has 1 aromatic carbocycles. The van der Waals surface area contributed by atoms with Gasteiger partial charge in [0.2, 0.25) is 0 Å². The summed E-state index contributed by atoms with van der Waals surface area (Å²) in [6, 6.07) is 6.90. The number of hydrogen-bond donors (Lipinski definition) is 2. The predicted molar refractivity (Wildman–Crippen MR) is 64.7 cm³/mol. The second-order valence-electron chi connectivity index (χ2n) is 3.39. The van der Waals surface area contributed by atoms with Crippen molar-refractivity contribution in [3.63, 3.8) is 0 Å². The van der Waals surface area contributed by atoms with E-state index in [1.165, 1.54) is 0 Å². The van der Waals surface area contributed by atoms with Crippen molar-refractivity contribution in [1.82, 2.24) is 0 Å².